The lowest BCUT2D eigenvalue weighted by atomic mass is 10.1. The molecular weight excluding hydrogens is 334 g/mol. The summed E-state index contributed by atoms with van der Waals surface area (Å²) in [5.41, 5.74) is 3.13. The molecule has 26 heavy (non-hydrogen) atoms. The summed E-state index contributed by atoms with van der Waals surface area (Å²) in [5.74, 6) is 0.567. The summed E-state index contributed by atoms with van der Waals surface area (Å²) >= 11 is 0. The van der Waals surface area contributed by atoms with Gasteiger partial charge in [0.1, 0.15) is 12.3 Å². The van der Waals surface area contributed by atoms with Crippen LogP contribution in [0.5, 0.6) is 5.88 Å². The monoisotopic (exact) mass is 359 g/mol. The highest BCUT2D eigenvalue weighted by Crippen LogP contribution is 2.24. The molecule has 140 valence electrons. The largest absolute Gasteiger partial charge is 0.471 e. The van der Waals surface area contributed by atoms with E-state index in [2.05, 4.69) is 22.3 Å². The van der Waals surface area contributed by atoms with E-state index in [9.17, 15) is 4.79 Å². The van der Waals surface area contributed by atoms with E-state index in [0.717, 1.165) is 24.2 Å². The predicted molar refractivity (Wildman–Crippen MR) is 95.9 cm³/mol. The standard InChI is InChI=1S/C18H25N5O3/c1-3-23-16-7-10-22(18(24)20-9-11-25-2)12-14(16)15(21-23)13-26-17-6-4-5-8-19-17/h4-6,8H,3,7,9-13H2,1-2H3,(H,20,24). The fourth-order valence-electron chi connectivity index (χ4n) is 3.06. The SMILES string of the molecule is CCn1nc(COc2ccccn2)c2c1CCN(C(=O)NCCOC)C2. The van der Waals surface area contributed by atoms with Crippen LogP contribution in [0.2, 0.25) is 0 Å². The van der Waals surface area contributed by atoms with Crippen LogP contribution in [0, 0.1) is 0 Å². The summed E-state index contributed by atoms with van der Waals surface area (Å²) < 4.78 is 12.8. The third-order valence-corrected chi connectivity index (χ3v) is 4.38. The molecule has 1 aliphatic rings. The summed E-state index contributed by atoms with van der Waals surface area (Å²) in [6, 6.07) is 5.47. The number of amides is 2. The minimum Gasteiger partial charge on any atom is -0.471 e. The number of carbonyl (C=O) groups is 1. The first-order chi connectivity index (χ1) is 12.7. The van der Waals surface area contributed by atoms with Crippen LogP contribution in [0.15, 0.2) is 24.4 Å². The second-order valence-electron chi connectivity index (χ2n) is 6.04. The van der Waals surface area contributed by atoms with Crippen molar-refractivity contribution in [3.63, 3.8) is 0 Å². The maximum Gasteiger partial charge on any atom is 0.317 e. The average Bonchev–Trinajstić information content (AvgIpc) is 3.04. The van der Waals surface area contributed by atoms with Crippen molar-refractivity contribution in [2.24, 2.45) is 0 Å². The van der Waals surface area contributed by atoms with E-state index in [1.54, 1.807) is 13.3 Å². The summed E-state index contributed by atoms with van der Waals surface area (Å²) in [5, 5.41) is 7.56. The summed E-state index contributed by atoms with van der Waals surface area (Å²) in [6.45, 7) is 5.43. The number of fused-ring (bicyclic) bond motifs is 1. The fraction of sp³-hybridized carbons (Fsp3) is 0.500. The lowest BCUT2D eigenvalue weighted by Gasteiger charge is -2.28. The highest BCUT2D eigenvalue weighted by molar-refractivity contribution is 5.74. The van der Waals surface area contributed by atoms with E-state index in [4.69, 9.17) is 9.47 Å². The smallest absolute Gasteiger partial charge is 0.317 e. The van der Waals surface area contributed by atoms with E-state index in [1.165, 1.54) is 5.69 Å². The molecule has 1 N–H and O–H groups in total. The van der Waals surface area contributed by atoms with Gasteiger partial charge in [-0.1, -0.05) is 6.07 Å². The first-order valence-electron chi connectivity index (χ1n) is 8.86. The Kier molecular flexibility index (Phi) is 6.06. The number of nitrogens with one attached hydrogen (secondary N) is 1. The number of methoxy groups -OCH3 is 1. The quantitative estimate of drug-likeness (QED) is 0.759. The summed E-state index contributed by atoms with van der Waals surface area (Å²) in [4.78, 5) is 18.3. The van der Waals surface area contributed by atoms with Crippen molar-refractivity contribution in [2.45, 2.75) is 33.0 Å². The molecule has 0 aromatic carbocycles. The van der Waals surface area contributed by atoms with Crippen molar-refractivity contribution in [3.05, 3.63) is 41.3 Å². The van der Waals surface area contributed by atoms with E-state index >= 15 is 0 Å². The van der Waals surface area contributed by atoms with E-state index < -0.39 is 0 Å². The van der Waals surface area contributed by atoms with Crippen LogP contribution in [-0.4, -0.2) is 52.5 Å². The van der Waals surface area contributed by atoms with Crippen LogP contribution in [0.25, 0.3) is 0 Å². The minimum absolute atomic E-state index is 0.0754. The van der Waals surface area contributed by atoms with Crippen LogP contribution in [0.4, 0.5) is 4.79 Å². The maximum atomic E-state index is 12.3. The Morgan fingerprint density at radius 2 is 2.27 bits per heavy atom. The normalized spacial score (nSPS) is 13.4. The summed E-state index contributed by atoms with van der Waals surface area (Å²) in [6.07, 6.45) is 2.49. The van der Waals surface area contributed by atoms with Gasteiger partial charge in [-0.2, -0.15) is 5.10 Å². The number of aryl methyl sites for hydroxylation is 1. The van der Waals surface area contributed by atoms with Crippen LogP contribution < -0.4 is 10.1 Å². The molecule has 8 nitrogen and oxygen atoms in total. The van der Waals surface area contributed by atoms with E-state index in [-0.39, 0.29) is 6.03 Å². The number of rotatable bonds is 7. The van der Waals surface area contributed by atoms with Gasteiger partial charge in [0.15, 0.2) is 0 Å². The second-order valence-corrected chi connectivity index (χ2v) is 6.04. The Balaban J connectivity index is 1.70. The van der Waals surface area contributed by atoms with Gasteiger partial charge in [0, 0.05) is 56.7 Å². The van der Waals surface area contributed by atoms with Crippen LogP contribution in [-0.2, 0) is 30.9 Å². The number of urea groups is 1. The Morgan fingerprint density at radius 1 is 1.38 bits per heavy atom. The van der Waals surface area contributed by atoms with Gasteiger partial charge in [-0.05, 0) is 13.0 Å². The predicted octanol–water partition coefficient (Wildman–Crippen LogP) is 1.59. The van der Waals surface area contributed by atoms with Crippen molar-refractivity contribution in [2.75, 3.05) is 26.8 Å². The van der Waals surface area contributed by atoms with Crippen LogP contribution in [0.1, 0.15) is 23.9 Å². The van der Waals surface area contributed by atoms with Crippen molar-refractivity contribution in [1.82, 2.24) is 25.0 Å². The van der Waals surface area contributed by atoms with Crippen LogP contribution >= 0.6 is 0 Å². The molecule has 8 heteroatoms. The van der Waals surface area contributed by atoms with Crippen molar-refractivity contribution in [3.8, 4) is 5.88 Å². The number of ether oxygens (including phenoxy) is 2. The molecule has 0 bridgehead atoms. The van der Waals surface area contributed by atoms with Crippen LogP contribution in [0.3, 0.4) is 0 Å². The molecule has 0 radical (unpaired) electrons. The first-order valence-corrected chi connectivity index (χ1v) is 8.86. The Labute approximate surface area is 153 Å². The van der Waals surface area contributed by atoms with Crippen molar-refractivity contribution >= 4 is 6.03 Å². The van der Waals surface area contributed by atoms with Crippen molar-refractivity contribution < 1.29 is 14.3 Å². The van der Waals surface area contributed by atoms with Gasteiger partial charge in [0.2, 0.25) is 5.88 Å². The zero-order valence-electron chi connectivity index (χ0n) is 15.3. The van der Waals surface area contributed by atoms with E-state index in [1.807, 2.05) is 27.8 Å². The third kappa shape index (κ3) is 4.13. The highest BCUT2D eigenvalue weighted by atomic mass is 16.5. The van der Waals surface area contributed by atoms with Gasteiger partial charge in [-0.15, -0.1) is 0 Å². The summed E-state index contributed by atoms with van der Waals surface area (Å²) in [7, 11) is 1.62. The molecule has 0 aliphatic carbocycles. The maximum absolute atomic E-state index is 12.3. The average molecular weight is 359 g/mol. The van der Waals surface area contributed by atoms with Gasteiger partial charge in [-0.3, -0.25) is 4.68 Å². The molecule has 0 fully saturated rings. The van der Waals surface area contributed by atoms with Crippen molar-refractivity contribution in [1.29, 1.82) is 0 Å². The topological polar surface area (TPSA) is 81.5 Å². The first kappa shape index (κ1) is 18.2. The van der Waals surface area contributed by atoms with Gasteiger partial charge in [0.25, 0.3) is 0 Å². The Hall–Kier alpha value is -2.61. The third-order valence-electron chi connectivity index (χ3n) is 4.38. The molecule has 3 heterocycles. The molecule has 0 saturated heterocycles. The lowest BCUT2D eigenvalue weighted by molar-refractivity contribution is 0.175. The fourth-order valence-corrected chi connectivity index (χ4v) is 3.06. The Morgan fingerprint density at radius 3 is 3.00 bits per heavy atom. The number of hydrogen-bond donors (Lipinski definition) is 1. The molecule has 3 rings (SSSR count). The molecule has 0 saturated carbocycles. The molecule has 0 unspecified atom stereocenters. The number of aromatic nitrogens is 3. The second kappa shape index (κ2) is 8.66. The molecule has 2 aromatic heterocycles. The number of pyridine rings is 1. The minimum atomic E-state index is -0.0754. The number of hydrogen-bond acceptors (Lipinski definition) is 5. The van der Waals surface area contributed by atoms with Gasteiger partial charge < -0.3 is 19.7 Å². The lowest BCUT2D eigenvalue weighted by Crippen LogP contribution is -2.44. The molecular formula is C18H25N5O3. The molecule has 2 aromatic rings. The Bertz CT molecular complexity index is 732. The highest BCUT2D eigenvalue weighted by Gasteiger charge is 2.27. The molecule has 0 atom stereocenters. The number of nitrogens with zero attached hydrogens (tertiary/aromatic N) is 4. The van der Waals surface area contributed by atoms with Gasteiger partial charge in [-0.25, -0.2) is 9.78 Å². The number of carbonyl (C=O) groups excluding carboxylic acids is 1. The zero-order valence-corrected chi connectivity index (χ0v) is 15.3. The zero-order chi connectivity index (χ0) is 18.4. The van der Waals surface area contributed by atoms with Gasteiger partial charge in [0.05, 0.1) is 13.2 Å². The van der Waals surface area contributed by atoms with Gasteiger partial charge >= 0.3 is 6.03 Å². The van der Waals surface area contributed by atoms with E-state index in [0.29, 0.717) is 38.7 Å². The molecule has 0 spiro atoms. The molecule has 1 aliphatic heterocycles. The molecule has 2 amide bonds.